The van der Waals surface area contributed by atoms with Crippen molar-refractivity contribution >= 4 is 47.4 Å². The van der Waals surface area contributed by atoms with Crippen LogP contribution < -0.4 is 0 Å². The summed E-state index contributed by atoms with van der Waals surface area (Å²) in [6.07, 6.45) is 1.91. The largest absolute Gasteiger partial charge is 0.307 e. The number of hydrogen-bond donors (Lipinski definition) is 4. The highest BCUT2D eigenvalue weighted by Gasteiger charge is 2.39. The van der Waals surface area contributed by atoms with Crippen LogP contribution in [-0.4, -0.2) is 66.0 Å². The molecule has 0 aromatic heterocycles. The lowest BCUT2D eigenvalue weighted by atomic mass is 9.91. The van der Waals surface area contributed by atoms with Crippen LogP contribution in [0.15, 0.2) is 164 Å². The number of fused-ring (bicyclic) bond motifs is 1. The molecule has 0 saturated carbocycles. The van der Waals surface area contributed by atoms with E-state index in [-0.39, 0.29) is 17.3 Å². The fourth-order valence-corrected chi connectivity index (χ4v) is 5.55. The van der Waals surface area contributed by atoms with Crippen molar-refractivity contribution in [3.8, 4) is 22.3 Å². The lowest BCUT2D eigenvalue weighted by Gasteiger charge is -2.38. The number of carbonyl (C=O) groups excluding carboxylic acids is 3. The summed E-state index contributed by atoms with van der Waals surface area (Å²) in [5.41, 5.74) is 5.41. The topological polar surface area (TPSA) is 166 Å². The van der Waals surface area contributed by atoms with Crippen LogP contribution in [-0.2, 0) is 19.3 Å². The minimum absolute atomic E-state index is 0.110. The van der Waals surface area contributed by atoms with Crippen LogP contribution in [0, 0.1) is 11.6 Å². The Morgan fingerprint density at radius 3 is 0.985 bits per heavy atom. The van der Waals surface area contributed by atoms with Gasteiger partial charge in [0.15, 0.2) is 17.3 Å². The maximum absolute atomic E-state index is 13.2. The lowest BCUT2D eigenvalue weighted by molar-refractivity contribution is 0.101. The second-order valence-corrected chi connectivity index (χ2v) is 25.6. The second-order valence-electron chi connectivity index (χ2n) is 18.2. The monoisotopic (exact) mass is 952 g/mol. The molecule has 0 amide bonds. The van der Waals surface area contributed by atoms with Gasteiger partial charge in [-0.25, -0.2) is 17.2 Å². The van der Waals surface area contributed by atoms with E-state index in [9.17, 15) is 31.6 Å². The standard InChI is InChI=1S/C34H22F2O3.C10H8.2C5H14O3S/c1-21(37)32-20-28(22-2-6-24(7-3-22)33(38)26-10-15-29(35)16-11-26)14-19-31(32)23-4-8-25(9-5-23)34(39)27-12-17-30(36)18-13-27;1-2-6-10-8-4-3-7-9(10)5-1;2*1-5(2,3)9(4,6,7)8/h2-20H,1H3;1-8H;2*1-4H3,(H2,6,7,8). The summed E-state index contributed by atoms with van der Waals surface area (Å²) in [7, 11) is -8.67. The molecule has 0 unspecified atom stereocenters. The van der Waals surface area contributed by atoms with Crippen molar-refractivity contribution in [2.75, 3.05) is 12.5 Å². The number of rotatable bonds is 7. The number of hydrogen-bond acceptors (Lipinski definition) is 5. The molecule has 7 aromatic rings. The average Bonchev–Trinajstić information content (AvgIpc) is 3.25. The normalized spacial score (nSPS) is 12.8. The highest BCUT2D eigenvalue weighted by Crippen LogP contribution is 2.32. The van der Waals surface area contributed by atoms with E-state index in [0.29, 0.717) is 27.8 Å². The lowest BCUT2D eigenvalue weighted by Crippen LogP contribution is -2.48. The van der Waals surface area contributed by atoms with Crippen LogP contribution in [0.1, 0.15) is 90.7 Å². The molecule has 0 spiro atoms. The van der Waals surface area contributed by atoms with Crippen LogP contribution in [0.3, 0.4) is 0 Å². The van der Waals surface area contributed by atoms with E-state index >= 15 is 0 Å². The zero-order valence-corrected chi connectivity index (χ0v) is 40.6. The summed E-state index contributed by atoms with van der Waals surface area (Å²) in [4.78, 5) is 38.0. The van der Waals surface area contributed by atoms with Gasteiger partial charge < -0.3 is 18.2 Å². The van der Waals surface area contributed by atoms with E-state index in [1.54, 1.807) is 36.4 Å². The molecule has 354 valence electrons. The van der Waals surface area contributed by atoms with E-state index in [2.05, 4.69) is 48.5 Å². The number of halogens is 2. The Kier molecular flexibility index (Phi) is 16.2. The second kappa shape index (κ2) is 20.4. The fourth-order valence-electron chi connectivity index (χ4n) is 5.55. The van der Waals surface area contributed by atoms with Gasteiger partial charge in [-0.05, 0) is 136 Å². The van der Waals surface area contributed by atoms with E-state index < -0.39 is 40.4 Å². The Bertz CT molecular complexity index is 2880. The number of Topliss-reactive ketones (excluding diaryl/α,β-unsaturated/α-hetero) is 1. The molecule has 7 rings (SSSR count). The molecule has 0 aliphatic rings. The van der Waals surface area contributed by atoms with Gasteiger partial charge in [0.25, 0.3) is 0 Å². The van der Waals surface area contributed by atoms with Crippen molar-refractivity contribution in [1.82, 2.24) is 0 Å². The Morgan fingerprint density at radius 2 is 0.701 bits per heavy atom. The van der Waals surface area contributed by atoms with Crippen LogP contribution in [0.5, 0.6) is 0 Å². The molecule has 0 heterocycles. The minimum atomic E-state index is -4.33. The summed E-state index contributed by atoms with van der Waals surface area (Å²) in [5.74, 6) is -1.34. The van der Waals surface area contributed by atoms with Gasteiger partial charge in [0.1, 0.15) is 11.6 Å². The fraction of sp³-hybridized carbons (Fsp3) is 0.204. The van der Waals surface area contributed by atoms with Gasteiger partial charge in [-0.1, -0.05) is 109 Å². The van der Waals surface area contributed by atoms with Crippen LogP contribution in [0.4, 0.5) is 8.78 Å². The summed E-state index contributed by atoms with van der Waals surface area (Å²) in [6.45, 7) is 10.6. The first-order valence-electron chi connectivity index (χ1n) is 21.0. The van der Waals surface area contributed by atoms with E-state index in [1.807, 2.05) is 30.3 Å². The van der Waals surface area contributed by atoms with Crippen molar-refractivity contribution in [3.05, 3.63) is 203 Å². The molecule has 0 fully saturated rings. The molecule has 7 aromatic carbocycles. The first-order chi connectivity index (χ1) is 30.8. The molecule has 0 saturated heterocycles. The van der Waals surface area contributed by atoms with E-state index in [4.69, 9.17) is 18.2 Å². The molecule has 0 aliphatic heterocycles. The van der Waals surface area contributed by atoms with Crippen molar-refractivity contribution in [1.29, 1.82) is 0 Å². The van der Waals surface area contributed by atoms with Gasteiger partial charge in [-0.3, -0.25) is 14.4 Å². The zero-order chi connectivity index (χ0) is 50.2. The molecular formula is C54H58F2O9S2. The maximum atomic E-state index is 13.2. The molecule has 4 N–H and O–H groups in total. The van der Waals surface area contributed by atoms with Crippen molar-refractivity contribution in [2.24, 2.45) is 0 Å². The molecule has 67 heavy (non-hydrogen) atoms. The highest BCUT2D eigenvalue weighted by molar-refractivity contribution is 8.11. The van der Waals surface area contributed by atoms with Gasteiger partial charge in [0.05, 0.1) is 28.7 Å². The number of ketones is 3. The summed E-state index contributed by atoms with van der Waals surface area (Å²) >= 11 is 0. The highest BCUT2D eigenvalue weighted by atomic mass is 32.3. The third kappa shape index (κ3) is 14.6. The molecule has 0 bridgehead atoms. The molecular weight excluding hydrogens is 895 g/mol. The Balaban J connectivity index is 0.000000281. The average molecular weight is 953 g/mol. The number of benzene rings is 7. The van der Waals surface area contributed by atoms with Gasteiger partial charge >= 0.3 is 0 Å². The SMILES string of the molecule is CC(=O)c1cc(-c2ccc(C(=O)c3ccc(F)cc3)cc2)ccc1-c1ccc(C(=O)c2ccc(F)cc2)cc1.CC(C)(C)S(C)(=O)(O)O.CC(C)(C)S(C)(=O)(O)O.c1ccc2ccccc2c1. The Morgan fingerprint density at radius 1 is 0.433 bits per heavy atom. The minimum Gasteiger partial charge on any atom is -0.307 e. The van der Waals surface area contributed by atoms with Crippen molar-refractivity contribution in [3.63, 3.8) is 0 Å². The molecule has 0 aliphatic carbocycles. The third-order valence-corrected chi connectivity index (χ3v) is 16.7. The van der Waals surface area contributed by atoms with E-state index in [0.717, 1.165) is 34.8 Å². The predicted octanol–water partition coefficient (Wildman–Crippen LogP) is 13.2. The van der Waals surface area contributed by atoms with Crippen molar-refractivity contribution < 1.29 is 49.8 Å². The number of carbonyl (C=O) groups is 3. The van der Waals surface area contributed by atoms with Crippen LogP contribution in [0.2, 0.25) is 0 Å². The summed E-state index contributed by atoms with van der Waals surface area (Å²) < 4.78 is 82.0. The first kappa shape index (κ1) is 53.4. The van der Waals surface area contributed by atoms with Crippen LogP contribution in [0.25, 0.3) is 33.0 Å². The van der Waals surface area contributed by atoms with Crippen LogP contribution >= 0.6 is 0 Å². The van der Waals surface area contributed by atoms with Crippen molar-refractivity contribution in [2.45, 2.75) is 58.0 Å². The third-order valence-electron chi connectivity index (χ3n) is 11.0. The van der Waals surface area contributed by atoms with E-state index in [1.165, 1.54) is 108 Å². The zero-order valence-electron chi connectivity index (χ0n) is 39.0. The first-order valence-corrected chi connectivity index (χ1v) is 25.5. The Hall–Kier alpha value is -6.19. The quantitative estimate of drug-likeness (QED) is 0.114. The maximum Gasteiger partial charge on any atom is 0.193 e. The molecule has 13 heteroatoms. The smallest absolute Gasteiger partial charge is 0.193 e. The van der Waals surface area contributed by atoms with Gasteiger partial charge in [0, 0.05) is 40.3 Å². The molecule has 0 atom stereocenters. The summed E-state index contributed by atoms with van der Waals surface area (Å²) in [5, 5.41) is 2.62. The summed E-state index contributed by atoms with van der Waals surface area (Å²) in [6, 6.07) is 47.1. The van der Waals surface area contributed by atoms with Gasteiger partial charge in [-0.15, -0.1) is 0 Å². The van der Waals surface area contributed by atoms with Gasteiger partial charge in [-0.2, -0.15) is 0 Å². The molecule has 9 nitrogen and oxygen atoms in total. The predicted molar refractivity (Wildman–Crippen MR) is 269 cm³/mol. The Labute approximate surface area is 391 Å². The van der Waals surface area contributed by atoms with Gasteiger partial charge in [0.2, 0.25) is 0 Å². The molecule has 0 radical (unpaired) electrons.